The molecule has 0 aliphatic heterocycles. The SMILES string of the molecule is CN(C)C(=O)c1ccc2c3c(ccc(C(=O)N(C)C)c13)[C@H](S(=O)(=O)c1ccccc1)[C@H]2Cl. The smallest absolute Gasteiger partial charge is 0.253 e. The lowest BCUT2D eigenvalue weighted by molar-refractivity contribution is 0.0828. The Kier molecular flexibility index (Phi) is 5.51. The van der Waals surface area contributed by atoms with Gasteiger partial charge in [0.25, 0.3) is 11.8 Å². The number of hydrogen-bond donors (Lipinski definition) is 0. The third kappa shape index (κ3) is 3.27. The number of nitrogens with zero attached hydrogens (tertiary/aromatic N) is 2. The van der Waals surface area contributed by atoms with Crippen LogP contribution in [0.5, 0.6) is 0 Å². The number of hydrogen-bond acceptors (Lipinski definition) is 4. The van der Waals surface area contributed by atoms with E-state index < -0.39 is 20.5 Å². The number of amides is 2. The summed E-state index contributed by atoms with van der Waals surface area (Å²) in [6.07, 6.45) is 0. The third-order valence-electron chi connectivity index (χ3n) is 5.77. The topological polar surface area (TPSA) is 74.8 Å². The molecule has 8 heteroatoms. The van der Waals surface area contributed by atoms with Crippen LogP contribution in [0, 0.1) is 0 Å². The highest BCUT2D eigenvalue weighted by Crippen LogP contribution is 2.54. The van der Waals surface area contributed by atoms with E-state index in [9.17, 15) is 18.0 Å². The van der Waals surface area contributed by atoms with Gasteiger partial charge in [-0.25, -0.2) is 8.42 Å². The maximum Gasteiger partial charge on any atom is 0.253 e. The van der Waals surface area contributed by atoms with Gasteiger partial charge in [0.1, 0.15) is 5.25 Å². The minimum absolute atomic E-state index is 0.176. The fourth-order valence-corrected chi connectivity index (χ4v) is 6.80. The van der Waals surface area contributed by atoms with Crippen molar-refractivity contribution in [2.24, 2.45) is 0 Å². The average Bonchev–Trinajstić information content (AvgIpc) is 3.07. The molecule has 0 saturated heterocycles. The number of sulfone groups is 1. The highest BCUT2D eigenvalue weighted by Gasteiger charge is 2.44. The summed E-state index contributed by atoms with van der Waals surface area (Å²) in [4.78, 5) is 29.0. The fraction of sp³-hybridized carbons (Fsp3) is 0.250. The van der Waals surface area contributed by atoms with Crippen LogP contribution < -0.4 is 0 Å². The summed E-state index contributed by atoms with van der Waals surface area (Å²) in [6.45, 7) is 0. The van der Waals surface area contributed by atoms with E-state index in [0.717, 1.165) is 0 Å². The molecule has 1 aliphatic carbocycles. The molecule has 0 radical (unpaired) electrons. The van der Waals surface area contributed by atoms with Crippen LogP contribution in [0.15, 0.2) is 59.5 Å². The molecule has 2 atom stereocenters. The van der Waals surface area contributed by atoms with Crippen molar-refractivity contribution in [2.75, 3.05) is 28.2 Å². The lowest BCUT2D eigenvalue weighted by Gasteiger charge is -2.19. The maximum absolute atomic E-state index is 13.6. The van der Waals surface area contributed by atoms with Gasteiger partial charge >= 0.3 is 0 Å². The molecular formula is C24H23ClN2O4S. The van der Waals surface area contributed by atoms with Crippen LogP contribution >= 0.6 is 11.6 Å². The molecule has 0 fully saturated rings. The zero-order chi connectivity index (χ0) is 23.4. The van der Waals surface area contributed by atoms with Gasteiger partial charge in [0.2, 0.25) is 0 Å². The first-order chi connectivity index (χ1) is 15.1. The van der Waals surface area contributed by atoms with Crippen LogP contribution in [0.1, 0.15) is 42.5 Å². The standard InChI is InChI=1S/C24H23ClN2O4S/c1-26(2)23(28)17-12-10-15-19-16(11-13-18(20(17)19)24(29)27(3)4)22(21(15)25)32(30,31)14-8-6-5-7-9-14/h5-13,21-22H,1-4H3/t21-,22-/m0/s1. The maximum atomic E-state index is 13.6. The van der Waals surface area contributed by atoms with Crippen LogP contribution in [0.25, 0.3) is 10.8 Å². The molecular weight excluding hydrogens is 448 g/mol. The highest BCUT2D eigenvalue weighted by atomic mass is 35.5. The quantitative estimate of drug-likeness (QED) is 0.539. The molecule has 3 aromatic rings. The van der Waals surface area contributed by atoms with Gasteiger partial charge in [-0.3, -0.25) is 9.59 Å². The second-order valence-electron chi connectivity index (χ2n) is 8.23. The van der Waals surface area contributed by atoms with E-state index in [-0.39, 0.29) is 16.7 Å². The molecule has 0 saturated carbocycles. The first-order valence-electron chi connectivity index (χ1n) is 10.0. The van der Waals surface area contributed by atoms with Crippen molar-refractivity contribution in [3.05, 3.63) is 76.9 Å². The Morgan fingerprint density at radius 1 is 0.750 bits per heavy atom. The zero-order valence-electron chi connectivity index (χ0n) is 18.2. The molecule has 6 nitrogen and oxygen atoms in total. The van der Waals surface area contributed by atoms with E-state index in [2.05, 4.69) is 0 Å². The second-order valence-corrected chi connectivity index (χ2v) is 10.8. The first kappa shape index (κ1) is 22.3. The summed E-state index contributed by atoms with van der Waals surface area (Å²) in [5.74, 6) is -0.552. The molecule has 4 rings (SSSR count). The van der Waals surface area contributed by atoms with Crippen LogP contribution in [0.3, 0.4) is 0 Å². The number of benzene rings is 3. The van der Waals surface area contributed by atoms with Crippen molar-refractivity contribution < 1.29 is 18.0 Å². The Balaban J connectivity index is 2.06. The summed E-state index contributed by atoms with van der Waals surface area (Å²) in [5, 5.41) is -0.882. The molecule has 2 amide bonds. The minimum atomic E-state index is -3.82. The normalized spacial score (nSPS) is 17.4. The number of carbonyl (C=O) groups excluding carboxylic acids is 2. The van der Waals surface area contributed by atoms with Gasteiger partial charge in [-0.2, -0.15) is 0 Å². The van der Waals surface area contributed by atoms with Crippen LogP contribution in [0.4, 0.5) is 0 Å². The van der Waals surface area contributed by atoms with Crippen LogP contribution in [-0.2, 0) is 9.84 Å². The molecule has 166 valence electrons. The lowest BCUT2D eigenvalue weighted by Crippen LogP contribution is -2.25. The van der Waals surface area contributed by atoms with Gasteiger partial charge in [0.05, 0.1) is 10.3 Å². The minimum Gasteiger partial charge on any atom is -0.345 e. The summed E-state index contributed by atoms with van der Waals surface area (Å²) in [5.41, 5.74) is 1.78. The summed E-state index contributed by atoms with van der Waals surface area (Å²) >= 11 is 6.77. The van der Waals surface area contributed by atoms with Crippen molar-refractivity contribution in [2.45, 2.75) is 15.5 Å². The molecule has 0 heterocycles. The van der Waals surface area contributed by atoms with E-state index >= 15 is 0 Å². The van der Waals surface area contributed by atoms with Gasteiger partial charge in [0, 0.05) is 44.7 Å². The predicted octanol–water partition coefficient (Wildman–Crippen LogP) is 4.05. The summed E-state index contributed by atoms with van der Waals surface area (Å²) < 4.78 is 27.1. The number of halogens is 1. The van der Waals surface area contributed by atoms with Crippen LogP contribution in [-0.4, -0.2) is 58.2 Å². The average molecular weight is 471 g/mol. The van der Waals surface area contributed by atoms with Crippen molar-refractivity contribution in [1.82, 2.24) is 9.80 Å². The second kappa shape index (κ2) is 7.90. The third-order valence-corrected chi connectivity index (χ3v) is 8.53. The zero-order valence-corrected chi connectivity index (χ0v) is 19.7. The summed E-state index contributed by atoms with van der Waals surface area (Å²) in [7, 11) is 2.70. The lowest BCUT2D eigenvalue weighted by atomic mass is 9.94. The Hall–Kier alpha value is -2.90. The van der Waals surface area contributed by atoms with Gasteiger partial charge in [-0.05, 0) is 40.8 Å². The Morgan fingerprint density at radius 3 is 1.75 bits per heavy atom. The molecule has 0 spiro atoms. The van der Waals surface area contributed by atoms with E-state index in [4.69, 9.17) is 11.6 Å². The number of alkyl halides is 1. The van der Waals surface area contributed by atoms with Crippen LogP contribution in [0.2, 0.25) is 0 Å². The Labute approximate surface area is 192 Å². The molecule has 0 bridgehead atoms. The molecule has 0 aromatic heterocycles. The van der Waals surface area contributed by atoms with Gasteiger partial charge in [-0.1, -0.05) is 30.3 Å². The Bertz CT molecular complexity index is 1330. The van der Waals surface area contributed by atoms with Gasteiger partial charge in [-0.15, -0.1) is 11.6 Å². The van der Waals surface area contributed by atoms with E-state index in [1.807, 2.05) is 0 Å². The highest BCUT2D eigenvalue weighted by molar-refractivity contribution is 7.91. The van der Waals surface area contributed by atoms with E-state index in [0.29, 0.717) is 33.0 Å². The molecule has 32 heavy (non-hydrogen) atoms. The number of rotatable bonds is 4. The van der Waals surface area contributed by atoms with Crippen molar-refractivity contribution in [1.29, 1.82) is 0 Å². The van der Waals surface area contributed by atoms with E-state index in [1.54, 1.807) is 82.8 Å². The predicted molar refractivity (Wildman–Crippen MR) is 125 cm³/mol. The van der Waals surface area contributed by atoms with E-state index in [1.165, 1.54) is 9.80 Å². The molecule has 1 aliphatic rings. The number of carbonyl (C=O) groups is 2. The van der Waals surface area contributed by atoms with Gasteiger partial charge < -0.3 is 9.80 Å². The summed E-state index contributed by atoms with van der Waals surface area (Å²) in [6, 6.07) is 14.8. The monoisotopic (exact) mass is 470 g/mol. The van der Waals surface area contributed by atoms with Crippen molar-refractivity contribution in [3.8, 4) is 0 Å². The van der Waals surface area contributed by atoms with Crippen molar-refractivity contribution in [3.63, 3.8) is 0 Å². The molecule has 0 unspecified atom stereocenters. The first-order valence-corrected chi connectivity index (χ1v) is 12.0. The molecule has 0 N–H and O–H groups in total. The fourth-order valence-electron chi connectivity index (χ4n) is 4.26. The largest absolute Gasteiger partial charge is 0.345 e. The van der Waals surface area contributed by atoms with Gasteiger partial charge in [0.15, 0.2) is 9.84 Å². The van der Waals surface area contributed by atoms with Crippen molar-refractivity contribution >= 4 is 44.0 Å². The molecule has 3 aromatic carbocycles. The Morgan fingerprint density at radius 2 is 1.25 bits per heavy atom.